The summed E-state index contributed by atoms with van der Waals surface area (Å²) in [6.07, 6.45) is 6.68. The fourth-order valence-electron chi connectivity index (χ4n) is 20.1. The molecule has 0 bridgehead atoms. The second-order valence-corrected chi connectivity index (χ2v) is 36.0. The number of anilines is 6. The molecular weight excluding hydrogens is 1340 g/mol. The van der Waals surface area contributed by atoms with Gasteiger partial charge in [0.2, 0.25) is 0 Å². The molecule has 0 unspecified atom stereocenters. The molecule has 2 heteroatoms. The van der Waals surface area contributed by atoms with Gasteiger partial charge >= 0.3 is 0 Å². The van der Waals surface area contributed by atoms with Crippen LogP contribution in [0, 0.1) is 0 Å². The van der Waals surface area contributed by atoms with Crippen molar-refractivity contribution in [1.82, 2.24) is 0 Å². The number of benzene rings is 13. The molecular formula is C109H104N2. The summed E-state index contributed by atoms with van der Waals surface area (Å²) in [4.78, 5) is 5.07. The van der Waals surface area contributed by atoms with E-state index in [4.69, 9.17) is 0 Å². The molecule has 13 aromatic carbocycles. The number of nitrogens with zero attached hydrogens (tertiary/aromatic N) is 2. The van der Waals surface area contributed by atoms with Gasteiger partial charge < -0.3 is 9.80 Å². The number of hydrogen-bond donors (Lipinski definition) is 0. The SMILES string of the molecule is CC(C)c1ccc2c(c1)C(C)(C)c1cc(N(c3cccc(C4=CC=C(C(c5ccccc5)(c5ccccc5)c5ccc(-c6cccc(N(c7ccc8c(c7)C(C)(C)c7cc(C(C)C)ccc7-8)c7ccc8c(c7)C(C)(C)c7cc(C(C)C)ccc7-8)c6)cc5)CC4)c3)c3ccc4c(c3)C(C)(C)c3cc(C(C)C)ccc3-4)ccc1-2. The van der Waals surface area contributed by atoms with Gasteiger partial charge in [0.1, 0.15) is 0 Å². The van der Waals surface area contributed by atoms with E-state index in [1.165, 1.54) is 167 Å². The molecule has 13 aromatic rings. The van der Waals surface area contributed by atoms with Crippen LogP contribution < -0.4 is 9.80 Å². The van der Waals surface area contributed by atoms with Gasteiger partial charge in [-0.1, -0.05) is 335 Å². The number of allylic oxidation sites excluding steroid dienone is 4. The highest BCUT2D eigenvalue weighted by atomic mass is 15.1. The van der Waals surface area contributed by atoms with Crippen LogP contribution in [0.1, 0.15) is 236 Å². The van der Waals surface area contributed by atoms with Crippen LogP contribution in [0.5, 0.6) is 0 Å². The minimum absolute atomic E-state index is 0.180. The van der Waals surface area contributed by atoms with E-state index in [2.05, 4.69) is 412 Å². The number of rotatable bonds is 16. The second kappa shape index (κ2) is 26.6. The quantitative estimate of drug-likeness (QED) is 0.0890. The van der Waals surface area contributed by atoms with Gasteiger partial charge in [-0.05, 0) is 260 Å². The molecule has 18 rings (SSSR count). The Morgan fingerprint density at radius 2 is 0.532 bits per heavy atom. The van der Waals surface area contributed by atoms with Crippen LogP contribution in [0.3, 0.4) is 0 Å². The maximum atomic E-state index is 2.54. The Labute approximate surface area is 661 Å². The molecule has 0 aromatic heterocycles. The first-order chi connectivity index (χ1) is 53.3. The first-order valence-electron chi connectivity index (χ1n) is 40.9. The Hall–Kier alpha value is -11.1. The van der Waals surface area contributed by atoms with Gasteiger partial charge in [0, 0.05) is 55.8 Å². The molecule has 2 nitrogen and oxygen atoms in total. The van der Waals surface area contributed by atoms with Crippen molar-refractivity contribution in [2.45, 2.75) is 174 Å². The van der Waals surface area contributed by atoms with Gasteiger partial charge in [-0.25, -0.2) is 0 Å². The van der Waals surface area contributed by atoms with Gasteiger partial charge in [-0.2, -0.15) is 0 Å². The Morgan fingerprint density at radius 1 is 0.243 bits per heavy atom. The second-order valence-electron chi connectivity index (χ2n) is 36.0. The normalized spacial score (nSPS) is 15.5. The lowest BCUT2D eigenvalue weighted by atomic mass is 9.62. The van der Waals surface area contributed by atoms with E-state index in [1.807, 2.05) is 0 Å². The molecule has 0 heterocycles. The van der Waals surface area contributed by atoms with E-state index in [1.54, 1.807) is 0 Å². The van der Waals surface area contributed by atoms with Crippen molar-refractivity contribution in [3.63, 3.8) is 0 Å². The van der Waals surface area contributed by atoms with Gasteiger partial charge in [0.15, 0.2) is 0 Å². The van der Waals surface area contributed by atoms with E-state index in [9.17, 15) is 0 Å². The van der Waals surface area contributed by atoms with Gasteiger partial charge in [0.05, 0.1) is 5.41 Å². The summed E-state index contributed by atoms with van der Waals surface area (Å²) in [5.41, 5.74) is 43.0. The Bertz CT molecular complexity index is 5680. The zero-order valence-corrected chi connectivity index (χ0v) is 67.8. The lowest BCUT2D eigenvalue weighted by molar-refractivity contribution is 0.657. The summed E-state index contributed by atoms with van der Waals surface area (Å²) >= 11 is 0. The summed E-state index contributed by atoms with van der Waals surface area (Å²) in [7, 11) is 0. The van der Waals surface area contributed by atoms with E-state index in [-0.39, 0.29) is 21.7 Å². The minimum atomic E-state index is -0.593. The minimum Gasteiger partial charge on any atom is -0.310 e. The van der Waals surface area contributed by atoms with Crippen molar-refractivity contribution in [1.29, 1.82) is 0 Å². The third-order valence-electron chi connectivity index (χ3n) is 26.7. The third-order valence-corrected chi connectivity index (χ3v) is 26.7. The van der Waals surface area contributed by atoms with Crippen LogP contribution in [-0.4, -0.2) is 0 Å². The monoisotopic (exact) mass is 1440 g/mol. The van der Waals surface area contributed by atoms with E-state index < -0.39 is 5.41 Å². The van der Waals surface area contributed by atoms with Gasteiger partial charge in [-0.15, -0.1) is 0 Å². The van der Waals surface area contributed by atoms with Crippen molar-refractivity contribution in [3.8, 4) is 55.6 Å². The molecule has 0 spiro atoms. The first-order valence-corrected chi connectivity index (χ1v) is 40.9. The predicted molar refractivity (Wildman–Crippen MR) is 472 cm³/mol. The maximum Gasteiger partial charge on any atom is 0.0664 e. The molecule has 0 radical (unpaired) electrons. The van der Waals surface area contributed by atoms with Crippen molar-refractivity contribution in [2.24, 2.45) is 0 Å². The molecule has 0 fully saturated rings. The molecule has 0 N–H and O–H groups in total. The van der Waals surface area contributed by atoms with Gasteiger partial charge in [0.25, 0.3) is 0 Å². The molecule has 0 aliphatic heterocycles. The summed E-state index contributed by atoms with van der Waals surface area (Å²) in [6.45, 7) is 37.8. The molecule has 0 saturated heterocycles. The molecule has 0 amide bonds. The highest BCUT2D eigenvalue weighted by molar-refractivity contribution is 5.92. The first kappa shape index (κ1) is 71.5. The van der Waals surface area contributed by atoms with E-state index in [0.29, 0.717) is 23.7 Å². The van der Waals surface area contributed by atoms with Crippen molar-refractivity contribution >= 4 is 39.7 Å². The van der Waals surface area contributed by atoms with Crippen molar-refractivity contribution < 1.29 is 0 Å². The summed E-state index contributed by atoms with van der Waals surface area (Å²) in [5, 5.41) is 0. The highest BCUT2D eigenvalue weighted by Crippen LogP contribution is 2.58. The average Bonchev–Trinajstić information content (AvgIpc) is 1.55. The molecule has 550 valence electrons. The lowest BCUT2D eigenvalue weighted by Gasteiger charge is -2.40. The highest BCUT2D eigenvalue weighted by Gasteiger charge is 2.44. The summed E-state index contributed by atoms with van der Waals surface area (Å²) in [6, 6.07) is 109. The van der Waals surface area contributed by atoms with Crippen molar-refractivity contribution in [3.05, 3.63) is 386 Å². The lowest BCUT2D eigenvalue weighted by Crippen LogP contribution is -2.32. The van der Waals surface area contributed by atoms with Crippen LogP contribution in [-0.2, 0) is 27.1 Å². The summed E-state index contributed by atoms with van der Waals surface area (Å²) in [5.74, 6) is 1.80. The molecule has 5 aliphatic rings. The molecule has 0 atom stereocenters. The predicted octanol–water partition coefficient (Wildman–Crippen LogP) is 30.2. The largest absolute Gasteiger partial charge is 0.310 e. The Balaban J connectivity index is 0.724. The van der Waals surface area contributed by atoms with Crippen LogP contribution in [0.4, 0.5) is 34.1 Å². The maximum absolute atomic E-state index is 2.54. The number of fused-ring (bicyclic) bond motifs is 12. The zero-order chi connectivity index (χ0) is 76.9. The third kappa shape index (κ3) is 11.5. The molecule has 111 heavy (non-hydrogen) atoms. The van der Waals surface area contributed by atoms with Crippen LogP contribution in [0.25, 0.3) is 61.2 Å². The smallest absolute Gasteiger partial charge is 0.0664 e. The summed E-state index contributed by atoms with van der Waals surface area (Å²) < 4.78 is 0. The Morgan fingerprint density at radius 3 is 0.847 bits per heavy atom. The fraction of sp³-hybridized carbons (Fsp3) is 0.248. The van der Waals surface area contributed by atoms with Crippen LogP contribution >= 0.6 is 0 Å². The Kier molecular flexibility index (Phi) is 17.1. The standard InChI is InChI=1S/C109H104N2/c1-67(2)73-37-49-89-93-53-45-85(63-101(93)105(9,10)97(89)59-73)110(86-46-54-94-90-50-38-74(68(3)4)60-98(90)106(11,12)102(94)64-86)83-31-23-25-77(57-83)71-33-41-81(42-34-71)109(79-27-19-17-20-28-79,80-29-21-18-22-30-80)82-43-35-72(36-44-82)78-26-24-32-84(58-78)111(87-47-55-95-91-51-39-75(69(5)6)61-99(91)107(13,14)103(95)65-87)88-48-56-96-92-52-40-76(70(7)8)62-100(92)108(15,16)104(96)66-88/h17-35,37-43,45-70H,36,44H2,1-16H3. The average molecular weight is 1440 g/mol. The van der Waals surface area contributed by atoms with E-state index in [0.717, 1.165) is 35.6 Å². The van der Waals surface area contributed by atoms with E-state index >= 15 is 0 Å². The topological polar surface area (TPSA) is 6.48 Å². The van der Waals surface area contributed by atoms with Crippen LogP contribution in [0.15, 0.2) is 297 Å². The molecule has 0 saturated carbocycles. The molecule has 5 aliphatic carbocycles. The van der Waals surface area contributed by atoms with Gasteiger partial charge in [-0.3, -0.25) is 0 Å². The zero-order valence-electron chi connectivity index (χ0n) is 67.8. The number of hydrogen-bond acceptors (Lipinski definition) is 2. The van der Waals surface area contributed by atoms with Crippen molar-refractivity contribution in [2.75, 3.05) is 9.80 Å². The fourth-order valence-corrected chi connectivity index (χ4v) is 20.1. The van der Waals surface area contributed by atoms with Crippen LogP contribution in [0.2, 0.25) is 0 Å².